The molecule has 21 heavy (non-hydrogen) atoms. The van der Waals surface area contributed by atoms with Crippen LogP contribution in [0.15, 0.2) is 54.6 Å². The lowest BCUT2D eigenvalue weighted by molar-refractivity contribution is 0.0478. The van der Waals surface area contributed by atoms with Gasteiger partial charge in [0.15, 0.2) is 0 Å². The molecule has 0 amide bonds. The lowest BCUT2D eigenvalue weighted by Gasteiger charge is -2.04. The van der Waals surface area contributed by atoms with E-state index in [0.29, 0.717) is 10.4 Å². The van der Waals surface area contributed by atoms with Crippen LogP contribution in [0.5, 0.6) is 0 Å². The lowest BCUT2D eigenvalue weighted by Crippen LogP contribution is -2.04. The van der Waals surface area contributed by atoms with Gasteiger partial charge in [-0.2, -0.15) is 5.26 Å². The highest BCUT2D eigenvalue weighted by molar-refractivity contribution is 7.20. The van der Waals surface area contributed by atoms with Crippen molar-refractivity contribution in [1.82, 2.24) is 0 Å². The molecule has 0 aliphatic heterocycles. The predicted molar refractivity (Wildman–Crippen MR) is 82.1 cm³/mol. The highest BCUT2D eigenvalue weighted by Crippen LogP contribution is 2.26. The number of fused-ring (bicyclic) bond motifs is 1. The summed E-state index contributed by atoms with van der Waals surface area (Å²) in [5.41, 5.74) is 1.25. The first-order chi connectivity index (χ1) is 10.3. The number of ether oxygens (including phenoxy) is 1. The average molecular weight is 293 g/mol. The van der Waals surface area contributed by atoms with Gasteiger partial charge in [0, 0.05) is 10.3 Å². The van der Waals surface area contributed by atoms with E-state index in [0.717, 1.165) is 15.6 Å². The number of benzene rings is 2. The normalized spacial score (nSPS) is 10.2. The second kappa shape index (κ2) is 5.78. The number of nitrogens with zero attached hydrogens (tertiary/aromatic N) is 1. The number of thiophene rings is 1. The van der Waals surface area contributed by atoms with E-state index in [-0.39, 0.29) is 12.6 Å². The van der Waals surface area contributed by atoms with Crippen LogP contribution in [0.25, 0.3) is 10.1 Å². The van der Waals surface area contributed by atoms with Gasteiger partial charge in [-0.3, -0.25) is 0 Å². The zero-order valence-corrected chi connectivity index (χ0v) is 11.9. The van der Waals surface area contributed by atoms with E-state index in [1.165, 1.54) is 11.3 Å². The fourth-order valence-electron chi connectivity index (χ4n) is 2.05. The molecule has 0 saturated carbocycles. The first-order valence-electron chi connectivity index (χ1n) is 6.41. The van der Waals surface area contributed by atoms with E-state index in [4.69, 9.17) is 10.00 Å². The molecular weight excluding hydrogens is 282 g/mol. The molecule has 0 spiro atoms. The number of esters is 1. The summed E-state index contributed by atoms with van der Waals surface area (Å²) in [7, 11) is 0. The van der Waals surface area contributed by atoms with Crippen LogP contribution >= 0.6 is 11.3 Å². The molecule has 0 N–H and O–H groups in total. The number of hydrogen-bond donors (Lipinski definition) is 0. The van der Waals surface area contributed by atoms with Crippen LogP contribution in [-0.4, -0.2) is 5.97 Å². The topological polar surface area (TPSA) is 50.1 Å². The fraction of sp³-hybridized carbons (Fsp3) is 0.0588. The first-order valence-corrected chi connectivity index (χ1v) is 7.23. The molecule has 102 valence electrons. The highest BCUT2D eigenvalue weighted by atomic mass is 32.1. The molecule has 1 aromatic heterocycles. The van der Waals surface area contributed by atoms with Crippen LogP contribution in [0.2, 0.25) is 0 Å². The molecule has 4 heteroatoms. The van der Waals surface area contributed by atoms with Crippen molar-refractivity contribution < 1.29 is 9.53 Å². The summed E-state index contributed by atoms with van der Waals surface area (Å²) in [6.45, 7) is 0.108. The molecule has 0 fully saturated rings. The second-order valence-electron chi connectivity index (χ2n) is 4.49. The molecule has 0 atom stereocenters. The summed E-state index contributed by atoms with van der Waals surface area (Å²) in [5.74, 6) is -0.357. The van der Waals surface area contributed by atoms with Crippen LogP contribution in [0, 0.1) is 11.3 Å². The van der Waals surface area contributed by atoms with Crippen molar-refractivity contribution in [3.63, 3.8) is 0 Å². The minimum atomic E-state index is -0.357. The molecule has 0 aliphatic rings. The van der Waals surface area contributed by atoms with Crippen molar-refractivity contribution in [3.05, 3.63) is 70.6 Å². The van der Waals surface area contributed by atoms with Crippen molar-refractivity contribution in [3.8, 4) is 6.07 Å². The fourth-order valence-corrected chi connectivity index (χ4v) is 3.01. The molecule has 3 aromatic rings. The maximum absolute atomic E-state index is 12.1. The molecule has 1 heterocycles. The molecule has 0 saturated heterocycles. The summed E-state index contributed by atoms with van der Waals surface area (Å²) in [5, 5.41) is 10.0. The second-order valence-corrected chi connectivity index (χ2v) is 5.58. The third-order valence-electron chi connectivity index (χ3n) is 3.12. The Kier molecular flexibility index (Phi) is 3.67. The molecule has 0 aliphatic carbocycles. The minimum absolute atomic E-state index is 0.108. The largest absolute Gasteiger partial charge is 0.457 e. The van der Waals surface area contributed by atoms with Gasteiger partial charge in [0.25, 0.3) is 0 Å². The Bertz CT molecular complexity index is 812. The Labute approximate surface area is 126 Å². The summed E-state index contributed by atoms with van der Waals surface area (Å²) < 4.78 is 6.36. The van der Waals surface area contributed by atoms with Crippen LogP contribution in [0.4, 0.5) is 0 Å². The minimum Gasteiger partial charge on any atom is -0.457 e. The van der Waals surface area contributed by atoms with Gasteiger partial charge in [-0.15, -0.1) is 11.3 Å². The van der Waals surface area contributed by atoms with E-state index in [1.807, 2.05) is 36.4 Å². The molecule has 0 radical (unpaired) electrons. The Morgan fingerprint density at radius 3 is 2.71 bits per heavy atom. The standard InChI is InChI=1S/C17H11NO2S/c18-10-13-6-1-2-7-14(13)11-20-17(19)16-9-12-5-3-4-8-15(12)21-16/h1-9H,11H2. The summed E-state index contributed by atoms with van der Waals surface area (Å²) in [4.78, 5) is 12.7. The van der Waals surface area contributed by atoms with Gasteiger partial charge >= 0.3 is 5.97 Å². The maximum atomic E-state index is 12.1. The summed E-state index contributed by atoms with van der Waals surface area (Å²) >= 11 is 1.41. The van der Waals surface area contributed by atoms with Gasteiger partial charge in [0.1, 0.15) is 11.5 Å². The number of rotatable bonds is 3. The molecule has 0 unspecified atom stereocenters. The zero-order valence-electron chi connectivity index (χ0n) is 11.1. The number of carbonyl (C=O) groups excluding carboxylic acids is 1. The third kappa shape index (κ3) is 2.78. The van der Waals surface area contributed by atoms with E-state index in [1.54, 1.807) is 18.2 Å². The van der Waals surface area contributed by atoms with Crippen molar-refractivity contribution in [2.45, 2.75) is 6.61 Å². The Morgan fingerprint density at radius 1 is 1.14 bits per heavy atom. The van der Waals surface area contributed by atoms with Gasteiger partial charge in [0.2, 0.25) is 0 Å². The van der Waals surface area contributed by atoms with E-state index in [2.05, 4.69) is 6.07 Å². The van der Waals surface area contributed by atoms with Crippen LogP contribution in [0.3, 0.4) is 0 Å². The Balaban J connectivity index is 1.76. The van der Waals surface area contributed by atoms with Crippen molar-refractivity contribution in [2.24, 2.45) is 0 Å². The van der Waals surface area contributed by atoms with Crippen LogP contribution in [-0.2, 0) is 11.3 Å². The molecule has 3 rings (SSSR count). The first kappa shape index (κ1) is 13.3. The Morgan fingerprint density at radius 2 is 1.90 bits per heavy atom. The van der Waals surface area contributed by atoms with Gasteiger partial charge < -0.3 is 4.74 Å². The molecular formula is C17H11NO2S. The SMILES string of the molecule is N#Cc1ccccc1COC(=O)c1cc2ccccc2s1. The van der Waals surface area contributed by atoms with Crippen LogP contribution in [0.1, 0.15) is 20.8 Å². The van der Waals surface area contributed by atoms with Gasteiger partial charge in [0.05, 0.1) is 11.6 Å². The summed E-state index contributed by atoms with van der Waals surface area (Å²) in [6, 6.07) is 18.9. The Hall–Kier alpha value is -2.64. The van der Waals surface area contributed by atoms with Crippen molar-refractivity contribution in [2.75, 3.05) is 0 Å². The van der Waals surface area contributed by atoms with Crippen LogP contribution < -0.4 is 0 Å². The average Bonchev–Trinajstić information content (AvgIpc) is 2.97. The molecule has 3 nitrogen and oxygen atoms in total. The third-order valence-corrected chi connectivity index (χ3v) is 4.22. The highest BCUT2D eigenvalue weighted by Gasteiger charge is 2.12. The summed E-state index contributed by atoms with van der Waals surface area (Å²) in [6.07, 6.45) is 0. The van der Waals surface area contributed by atoms with Gasteiger partial charge in [-0.05, 0) is 23.6 Å². The van der Waals surface area contributed by atoms with E-state index in [9.17, 15) is 4.79 Å². The van der Waals surface area contributed by atoms with Gasteiger partial charge in [-0.1, -0.05) is 36.4 Å². The maximum Gasteiger partial charge on any atom is 0.348 e. The monoisotopic (exact) mass is 293 g/mol. The number of carbonyl (C=O) groups is 1. The smallest absolute Gasteiger partial charge is 0.348 e. The number of hydrogen-bond acceptors (Lipinski definition) is 4. The number of nitriles is 1. The molecule has 2 aromatic carbocycles. The van der Waals surface area contributed by atoms with Crippen molar-refractivity contribution >= 4 is 27.4 Å². The van der Waals surface area contributed by atoms with Gasteiger partial charge in [-0.25, -0.2) is 4.79 Å². The predicted octanol–water partition coefficient (Wildman–Crippen LogP) is 4.13. The van der Waals surface area contributed by atoms with Crippen molar-refractivity contribution in [1.29, 1.82) is 5.26 Å². The quantitative estimate of drug-likeness (QED) is 0.682. The van der Waals surface area contributed by atoms with E-state index < -0.39 is 0 Å². The lowest BCUT2D eigenvalue weighted by atomic mass is 10.1. The van der Waals surface area contributed by atoms with E-state index >= 15 is 0 Å². The zero-order chi connectivity index (χ0) is 14.7. The molecule has 0 bridgehead atoms.